The zero-order chi connectivity index (χ0) is 15.5. The van der Waals surface area contributed by atoms with Crippen LogP contribution >= 0.6 is 23.4 Å². The SMILES string of the molecule is CC1(C)CN(C(=O)CSCc2ccc(Cl)cc2)CCC1N. The van der Waals surface area contributed by atoms with Crippen LogP contribution in [0.3, 0.4) is 0 Å². The first kappa shape index (κ1) is 16.7. The molecule has 5 heteroatoms. The van der Waals surface area contributed by atoms with E-state index in [0.29, 0.717) is 5.75 Å². The summed E-state index contributed by atoms with van der Waals surface area (Å²) in [5.41, 5.74) is 7.31. The van der Waals surface area contributed by atoms with Gasteiger partial charge in [0.25, 0.3) is 0 Å². The van der Waals surface area contributed by atoms with Crippen LogP contribution in [0.4, 0.5) is 0 Å². The van der Waals surface area contributed by atoms with E-state index in [-0.39, 0.29) is 17.4 Å². The van der Waals surface area contributed by atoms with Crippen LogP contribution in [0.25, 0.3) is 0 Å². The molecule has 0 radical (unpaired) electrons. The molecule has 0 aromatic heterocycles. The Kier molecular flexibility index (Phi) is 5.58. The molecule has 116 valence electrons. The average molecular weight is 327 g/mol. The van der Waals surface area contributed by atoms with E-state index in [2.05, 4.69) is 13.8 Å². The number of carbonyl (C=O) groups is 1. The molecule has 1 amide bonds. The highest BCUT2D eigenvalue weighted by molar-refractivity contribution is 7.99. The predicted molar refractivity (Wildman–Crippen MR) is 90.6 cm³/mol. The Labute approximate surface area is 136 Å². The molecule has 1 unspecified atom stereocenters. The summed E-state index contributed by atoms with van der Waals surface area (Å²) in [6.07, 6.45) is 0.889. The fourth-order valence-electron chi connectivity index (χ4n) is 2.51. The molecule has 0 spiro atoms. The number of rotatable bonds is 4. The second-order valence-electron chi connectivity index (χ2n) is 6.32. The summed E-state index contributed by atoms with van der Waals surface area (Å²) in [6, 6.07) is 7.95. The first-order chi connectivity index (χ1) is 9.88. The lowest BCUT2D eigenvalue weighted by atomic mass is 9.80. The van der Waals surface area contributed by atoms with E-state index in [0.717, 1.165) is 30.3 Å². The molecular formula is C16H23ClN2OS. The van der Waals surface area contributed by atoms with Gasteiger partial charge in [-0.25, -0.2) is 0 Å². The molecule has 3 nitrogen and oxygen atoms in total. The largest absolute Gasteiger partial charge is 0.341 e. The van der Waals surface area contributed by atoms with Gasteiger partial charge >= 0.3 is 0 Å². The minimum Gasteiger partial charge on any atom is -0.341 e. The van der Waals surface area contributed by atoms with E-state index in [1.165, 1.54) is 5.56 Å². The van der Waals surface area contributed by atoms with Crippen molar-refractivity contribution >= 4 is 29.3 Å². The van der Waals surface area contributed by atoms with Gasteiger partial charge in [-0.1, -0.05) is 37.6 Å². The van der Waals surface area contributed by atoms with Gasteiger partial charge in [0, 0.05) is 29.9 Å². The number of thioether (sulfide) groups is 1. The molecule has 1 aliphatic heterocycles. The number of hydrogen-bond acceptors (Lipinski definition) is 3. The smallest absolute Gasteiger partial charge is 0.232 e. The van der Waals surface area contributed by atoms with Gasteiger partial charge in [0.1, 0.15) is 0 Å². The molecule has 0 aliphatic carbocycles. The normalized spacial score (nSPS) is 21.3. The number of amides is 1. The third-order valence-corrected chi connectivity index (χ3v) is 5.31. The van der Waals surface area contributed by atoms with Crippen LogP contribution in [0.15, 0.2) is 24.3 Å². The molecule has 21 heavy (non-hydrogen) atoms. The van der Waals surface area contributed by atoms with Gasteiger partial charge in [-0.2, -0.15) is 0 Å². The lowest BCUT2D eigenvalue weighted by Gasteiger charge is -2.42. The summed E-state index contributed by atoms with van der Waals surface area (Å²) in [7, 11) is 0. The van der Waals surface area contributed by atoms with E-state index >= 15 is 0 Å². The van der Waals surface area contributed by atoms with Crippen LogP contribution in [0.1, 0.15) is 25.8 Å². The lowest BCUT2D eigenvalue weighted by molar-refractivity contribution is -0.131. The predicted octanol–water partition coefficient (Wildman–Crippen LogP) is 3.16. The fraction of sp³-hybridized carbons (Fsp3) is 0.562. The lowest BCUT2D eigenvalue weighted by Crippen LogP contribution is -2.54. The first-order valence-electron chi connectivity index (χ1n) is 7.24. The van der Waals surface area contributed by atoms with Crippen LogP contribution in [0.2, 0.25) is 5.02 Å². The molecule has 1 saturated heterocycles. The number of nitrogens with two attached hydrogens (primary N) is 1. The Morgan fingerprint density at radius 2 is 2.10 bits per heavy atom. The second-order valence-corrected chi connectivity index (χ2v) is 7.74. The third-order valence-electron chi connectivity index (χ3n) is 4.07. The first-order valence-corrected chi connectivity index (χ1v) is 8.77. The number of benzene rings is 1. The number of likely N-dealkylation sites (tertiary alicyclic amines) is 1. The molecule has 1 atom stereocenters. The summed E-state index contributed by atoms with van der Waals surface area (Å²) in [5.74, 6) is 1.57. The van der Waals surface area contributed by atoms with Crippen LogP contribution in [-0.2, 0) is 10.5 Å². The van der Waals surface area contributed by atoms with Crippen molar-refractivity contribution in [3.05, 3.63) is 34.9 Å². The van der Waals surface area contributed by atoms with Crippen LogP contribution in [0.5, 0.6) is 0 Å². The van der Waals surface area contributed by atoms with Gasteiger partial charge in [0.2, 0.25) is 5.91 Å². The van der Waals surface area contributed by atoms with Crippen molar-refractivity contribution in [3.63, 3.8) is 0 Å². The van der Waals surface area contributed by atoms with Crippen molar-refractivity contribution in [1.29, 1.82) is 0 Å². The maximum Gasteiger partial charge on any atom is 0.232 e. The number of piperidine rings is 1. The average Bonchev–Trinajstić information content (AvgIpc) is 2.44. The quantitative estimate of drug-likeness (QED) is 0.924. The maximum atomic E-state index is 12.3. The Hall–Kier alpha value is -0.710. The standard InChI is InChI=1S/C16H23ClN2OS/c1-16(2)11-19(8-7-14(16)18)15(20)10-21-9-12-3-5-13(17)6-4-12/h3-6,14H,7-11,18H2,1-2H3. The Bertz CT molecular complexity index is 490. The highest BCUT2D eigenvalue weighted by Gasteiger charge is 2.35. The van der Waals surface area contributed by atoms with E-state index in [1.54, 1.807) is 11.8 Å². The fourth-order valence-corrected chi connectivity index (χ4v) is 3.53. The summed E-state index contributed by atoms with van der Waals surface area (Å²) in [6.45, 7) is 5.81. The Morgan fingerprint density at radius 1 is 1.43 bits per heavy atom. The minimum absolute atomic E-state index is 0.00869. The van der Waals surface area contributed by atoms with Gasteiger partial charge in [0.15, 0.2) is 0 Å². The summed E-state index contributed by atoms with van der Waals surface area (Å²) in [4.78, 5) is 14.2. The molecule has 0 saturated carbocycles. The van der Waals surface area contributed by atoms with Crippen molar-refractivity contribution < 1.29 is 4.79 Å². The molecule has 1 fully saturated rings. The number of nitrogens with zero attached hydrogens (tertiary/aromatic N) is 1. The zero-order valence-corrected chi connectivity index (χ0v) is 14.2. The highest BCUT2D eigenvalue weighted by Crippen LogP contribution is 2.28. The minimum atomic E-state index is 0.00869. The van der Waals surface area contributed by atoms with Crippen molar-refractivity contribution in [3.8, 4) is 0 Å². The molecule has 1 aromatic rings. The van der Waals surface area contributed by atoms with Crippen molar-refractivity contribution in [2.24, 2.45) is 11.1 Å². The van der Waals surface area contributed by atoms with Crippen molar-refractivity contribution in [2.75, 3.05) is 18.8 Å². The molecule has 2 rings (SSSR count). The van der Waals surface area contributed by atoms with E-state index in [4.69, 9.17) is 17.3 Å². The highest BCUT2D eigenvalue weighted by atomic mass is 35.5. The monoisotopic (exact) mass is 326 g/mol. The number of hydrogen-bond donors (Lipinski definition) is 1. The topological polar surface area (TPSA) is 46.3 Å². The molecule has 2 N–H and O–H groups in total. The van der Waals surface area contributed by atoms with E-state index in [1.807, 2.05) is 29.2 Å². The molecule has 1 aliphatic rings. The Morgan fingerprint density at radius 3 is 2.71 bits per heavy atom. The van der Waals surface area contributed by atoms with E-state index < -0.39 is 0 Å². The van der Waals surface area contributed by atoms with Gasteiger partial charge < -0.3 is 10.6 Å². The molecular weight excluding hydrogens is 304 g/mol. The van der Waals surface area contributed by atoms with Crippen LogP contribution in [-0.4, -0.2) is 35.7 Å². The van der Waals surface area contributed by atoms with Crippen LogP contribution in [0, 0.1) is 5.41 Å². The van der Waals surface area contributed by atoms with Gasteiger partial charge in [-0.05, 0) is 29.5 Å². The van der Waals surface area contributed by atoms with Crippen molar-refractivity contribution in [1.82, 2.24) is 4.90 Å². The summed E-state index contributed by atoms with van der Waals surface area (Å²) < 4.78 is 0. The maximum absolute atomic E-state index is 12.3. The van der Waals surface area contributed by atoms with Gasteiger partial charge in [0.05, 0.1) is 5.75 Å². The number of carbonyl (C=O) groups excluding carboxylic acids is 1. The van der Waals surface area contributed by atoms with Gasteiger partial charge in [-0.15, -0.1) is 11.8 Å². The molecule has 1 aromatic carbocycles. The van der Waals surface area contributed by atoms with Crippen LogP contribution < -0.4 is 5.73 Å². The van der Waals surface area contributed by atoms with E-state index in [9.17, 15) is 4.79 Å². The van der Waals surface area contributed by atoms with Crippen molar-refractivity contribution in [2.45, 2.75) is 32.1 Å². The Balaban J connectivity index is 1.78. The van der Waals surface area contributed by atoms with Gasteiger partial charge in [-0.3, -0.25) is 4.79 Å². The summed E-state index contributed by atoms with van der Waals surface area (Å²) >= 11 is 7.51. The number of halogens is 1. The second kappa shape index (κ2) is 7.03. The third kappa shape index (κ3) is 4.63. The molecule has 1 heterocycles. The zero-order valence-electron chi connectivity index (χ0n) is 12.6. The summed E-state index contributed by atoms with van der Waals surface area (Å²) in [5, 5.41) is 0.742. The molecule has 0 bridgehead atoms.